The third-order valence-corrected chi connectivity index (χ3v) is 6.00. The van der Waals surface area contributed by atoms with Crippen LogP contribution in [0, 0.1) is 17.8 Å². The van der Waals surface area contributed by atoms with Gasteiger partial charge in [0.15, 0.2) is 5.65 Å². The molecule has 1 aromatic carbocycles. The molecule has 4 unspecified atom stereocenters. The van der Waals surface area contributed by atoms with E-state index in [1.165, 1.54) is 0 Å². The maximum Gasteiger partial charge on any atom is 0.223 e. The number of amides is 1. The first-order chi connectivity index (χ1) is 13.5. The molecule has 0 spiro atoms. The number of rotatable bonds is 4. The zero-order valence-electron chi connectivity index (χ0n) is 14.8. The summed E-state index contributed by atoms with van der Waals surface area (Å²) in [6.07, 6.45) is 6.69. The van der Waals surface area contributed by atoms with Gasteiger partial charge in [0.25, 0.3) is 0 Å². The molecule has 1 saturated carbocycles. The quantitative estimate of drug-likeness (QED) is 0.506. The van der Waals surface area contributed by atoms with Crippen LogP contribution in [0.5, 0.6) is 5.75 Å². The fourth-order valence-electron chi connectivity index (χ4n) is 4.40. The summed E-state index contributed by atoms with van der Waals surface area (Å²) in [6.45, 7) is 0. The summed E-state index contributed by atoms with van der Waals surface area (Å²) in [5, 5.41) is 13.4. The van der Waals surface area contributed by atoms with Gasteiger partial charge in [0.2, 0.25) is 5.91 Å². The SMILES string of the molecule is NC(=O)C1C2C=CC(C2)C1Nc1c(Cl)cnc2nc(-c3ccc(O)cc3)[nH]c12. The van der Waals surface area contributed by atoms with Crippen molar-refractivity contribution in [3.8, 4) is 17.1 Å². The number of pyridine rings is 1. The van der Waals surface area contributed by atoms with Crippen molar-refractivity contribution in [1.82, 2.24) is 15.0 Å². The highest BCUT2D eigenvalue weighted by Crippen LogP contribution is 2.46. The molecule has 2 aromatic heterocycles. The predicted octanol–water partition coefficient (Wildman–Crippen LogP) is 3.07. The van der Waals surface area contributed by atoms with E-state index in [-0.39, 0.29) is 35.5 Å². The fraction of sp³-hybridized carbons (Fsp3) is 0.250. The Morgan fingerprint density at radius 3 is 2.75 bits per heavy atom. The molecule has 142 valence electrons. The van der Waals surface area contributed by atoms with E-state index in [1.807, 2.05) is 0 Å². The number of primary amides is 1. The van der Waals surface area contributed by atoms with E-state index in [4.69, 9.17) is 17.3 Å². The molecule has 0 radical (unpaired) electrons. The van der Waals surface area contributed by atoms with Crippen LogP contribution in [-0.2, 0) is 4.79 Å². The van der Waals surface area contributed by atoms with Gasteiger partial charge in [0, 0.05) is 11.6 Å². The summed E-state index contributed by atoms with van der Waals surface area (Å²) in [7, 11) is 0. The van der Waals surface area contributed by atoms with Crippen molar-refractivity contribution in [2.45, 2.75) is 12.5 Å². The van der Waals surface area contributed by atoms with Crippen LogP contribution < -0.4 is 11.1 Å². The average molecular weight is 396 g/mol. The molecule has 5 N–H and O–H groups in total. The Morgan fingerprint density at radius 1 is 1.25 bits per heavy atom. The van der Waals surface area contributed by atoms with Gasteiger partial charge in [-0.05, 0) is 42.5 Å². The van der Waals surface area contributed by atoms with E-state index >= 15 is 0 Å². The van der Waals surface area contributed by atoms with Gasteiger partial charge in [-0.3, -0.25) is 4.79 Å². The smallest absolute Gasteiger partial charge is 0.223 e. The second kappa shape index (κ2) is 6.24. The van der Waals surface area contributed by atoms with Gasteiger partial charge >= 0.3 is 0 Å². The number of halogens is 1. The molecule has 8 heteroatoms. The summed E-state index contributed by atoms with van der Waals surface area (Å²) in [4.78, 5) is 24.1. The number of fused-ring (bicyclic) bond motifs is 3. The van der Waals surface area contributed by atoms with Crippen molar-refractivity contribution in [2.24, 2.45) is 23.5 Å². The molecule has 7 nitrogen and oxygen atoms in total. The standard InChI is InChI=1S/C20H18ClN5O2/c21-13-8-23-20-17(25-19(26-20)9-3-5-12(27)6-4-9)16(13)24-15-11-2-1-10(7-11)14(15)18(22)28/h1-6,8,10-11,14-15,27H,7H2,(H2,22,28)(H2,23,24,25,26). The molecule has 2 heterocycles. The number of nitrogens with one attached hydrogen (secondary N) is 2. The van der Waals surface area contributed by atoms with Gasteiger partial charge in [-0.1, -0.05) is 23.8 Å². The molecule has 4 atom stereocenters. The number of nitrogens with two attached hydrogens (primary N) is 1. The molecule has 2 bridgehead atoms. The number of hydrogen-bond acceptors (Lipinski definition) is 5. The number of allylic oxidation sites excluding steroid dienone is 1. The van der Waals surface area contributed by atoms with E-state index in [9.17, 15) is 9.90 Å². The van der Waals surface area contributed by atoms with Crippen molar-refractivity contribution < 1.29 is 9.90 Å². The van der Waals surface area contributed by atoms with Crippen molar-refractivity contribution in [3.05, 3.63) is 47.6 Å². The first-order valence-electron chi connectivity index (χ1n) is 9.09. The molecule has 2 aliphatic rings. The number of anilines is 1. The number of hydrogen-bond donors (Lipinski definition) is 4. The zero-order chi connectivity index (χ0) is 19.4. The molecule has 3 aromatic rings. The number of nitrogens with zero attached hydrogens (tertiary/aromatic N) is 2. The van der Waals surface area contributed by atoms with Gasteiger partial charge in [-0.15, -0.1) is 0 Å². The minimum atomic E-state index is -0.301. The molecule has 2 aliphatic carbocycles. The normalized spacial score (nSPS) is 25.5. The molecule has 5 rings (SSSR count). The molecule has 1 amide bonds. The first-order valence-corrected chi connectivity index (χ1v) is 9.47. The third-order valence-electron chi connectivity index (χ3n) is 5.71. The lowest BCUT2D eigenvalue weighted by Crippen LogP contribution is -2.41. The number of aromatic hydroxyl groups is 1. The summed E-state index contributed by atoms with van der Waals surface area (Å²) in [5.41, 5.74) is 8.35. The number of H-pyrrole nitrogens is 1. The highest BCUT2D eigenvalue weighted by molar-refractivity contribution is 6.34. The summed E-state index contributed by atoms with van der Waals surface area (Å²) >= 11 is 6.45. The molecule has 28 heavy (non-hydrogen) atoms. The first kappa shape index (κ1) is 17.1. The maximum absolute atomic E-state index is 12.0. The van der Waals surface area contributed by atoms with Crippen LogP contribution in [0.3, 0.4) is 0 Å². The van der Waals surface area contributed by atoms with Crippen LogP contribution in [0.4, 0.5) is 5.69 Å². The Kier molecular flexibility index (Phi) is 3.80. The van der Waals surface area contributed by atoms with Crippen LogP contribution in [0.15, 0.2) is 42.6 Å². The molecular formula is C20H18ClN5O2. The van der Waals surface area contributed by atoms with Gasteiger partial charge in [0.1, 0.15) is 17.1 Å². The van der Waals surface area contributed by atoms with Crippen molar-refractivity contribution in [3.63, 3.8) is 0 Å². The number of aromatic nitrogens is 3. The van der Waals surface area contributed by atoms with E-state index in [0.29, 0.717) is 27.7 Å². The fourth-order valence-corrected chi connectivity index (χ4v) is 4.60. The number of carbonyl (C=O) groups excluding carboxylic acids is 1. The second-order valence-corrected chi connectivity index (χ2v) is 7.77. The second-order valence-electron chi connectivity index (χ2n) is 7.36. The Balaban J connectivity index is 1.56. The van der Waals surface area contributed by atoms with Gasteiger partial charge in [-0.25, -0.2) is 9.97 Å². The minimum Gasteiger partial charge on any atom is -0.508 e. The van der Waals surface area contributed by atoms with Crippen molar-refractivity contribution in [1.29, 1.82) is 0 Å². The highest BCUT2D eigenvalue weighted by atomic mass is 35.5. The lowest BCUT2D eigenvalue weighted by molar-refractivity contribution is -0.122. The lowest BCUT2D eigenvalue weighted by Gasteiger charge is -2.28. The Morgan fingerprint density at radius 2 is 2.00 bits per heavy atom. The van der Waals surface area contributed by atoms with Crippen LogP contribution in [-0.4, -0.2) is 32.0 Å². The van der Waals surface area contributed by atoms with E-state index in [2.05, 4.69) is 32.4 Å². The topological polar surface area (TPSA) is 117 Å². The summed E-state index contributed by atoms with van der Waals surface area (Å²) < 4.78 is 0. The van der Waals surface area contributed by atoms with Gasteiger partial charge in [-0.2, -0.15) is 0 Å². The van der Waals surface area contributed by atoms with Gasteiger partial charge < -0.3 is 21.1 Å². The third kappa shape index (κ3) is 2.62. The van der Waals surface area contributed by atoms with Crippen LogP contribution in [0.25, 0.3) is 22.6 Å². The number of phenols is 1. The number of imidazole rings is 1. The van der Waals surface area contributed by atoms with E-state index < -0.39 is 0 Å². The molecule has 0 aliphatic heterocycles. The van der Waals surface area contributed by atoms with Crippen molar-refractivity contribution in [2.75, 3.05) is 5.32 Å². The number of benzene rings is 1. The lowest BCUT2D eigenvalue weighted by atomic mass is 9.88. The molecule has 1 fully saturated rings. The zero-order valence-corrected chi connectivity index (χ0v) is 15.5. The predicted molar refractivity (Wildman–Crippen MR) is 107 cm³/mol. The monoisotopic (exact) mass is 395 g/mol. The maximum atomic E-state index is 12.0. The molecule has 0 saturated heterocycles. The van der Waals surface area contributed by atoms with Crippen LogP contribution in [0.2, 0.25) is 5.02 Å². The van der Waals surface area contributed by atoms with E-state index in [0.717, 1.165) is 12.0 Å². The van der Waals surface area contributed by atoms with Crippen molar-refractivity contribution >= 4 is 34.4 Å². The van der Waals surface area contributed by atoms with Crippen LogP contribution in [0.1, 0.15) is 6.42 Å². The number of aromatic amines is 1. The van der Waals surface area contributed by atoms with Crippen LogP contribution >= 0.6 is 11.6 Å². The van der Waals surface area contributed by atoms with E-state index in [1.54, 1.807) is 30.5 Å². The Hall–Kier alpha value is -3.06. The minimum absolute atomic E-state index is 0.115. The largest absolute Gasteiger partial charge is 0.508 e. The number of carbonyl (C=O) groups is 1. The Labute approximate surface area is 165 Å². The number of phenolic OH excluding ortho intramolecular Hbond substituents is 1. The highest BCUT2D eigenvalue weighted by Gasteiger charge is 2.47. The summed E-state index contributed by atoms with van der Waals surface area (Å²) in [5.74, 6) is 0.642. The van der Waals surface area contributed by atoms with Gasteiger partial charge in [0.05, 0.1) is 22.8 Å². The average Bonchev–Trinajstić information content (AvgIpc) is 3.38. The Bertz CT molecular complexity index is 1110. The summed E-state index contributed by atoms with van der Waals surface area (Å²) in [6, 6.07) is 6.62. The molecular weight excluding hydrogens is 378 g/mol.